The number of allylic oxidation sites excluding steroid dienone is 6. The molecule has 0 saturated carbocycles. The quantitative estimate of drug-likeness (QED) is 0.0176. The summed E-state index contributed by atoms with van der Waals surface area (Å²) in [5, 5.41) is 26.9. The molecular formula is C95H107BFN5O23. The number of carbonyl (C=O) groups is 5. The Kier molecular flexibility index (Phi) is 34.3. The van der Waals surface area contributed by atoms with Gasteiger partial charge in [0.25, 0.3) is 0 Å². The lowest BCUT2D eigenvalue weighted by Crippen LogP contribution is -2.22. The summed E-state index contributed by atoms with van der Waals surface area (Å²) in [6.45, 7) is 8.54. The van der Waals surface area contributed by atoms with Crippen LogP contribution in [-0.2, 0) is 53.1 Å². The van der Waals surface area contributed by atoms with Crippen LogP contribution in [0.2, 0.25) is 6.32 Å². The summed E-state index contributed by atoms with van der Waals surface area (Å²) in [5.74, 6) is 5.35. The van der Waals surface area contributed by atoms with E-state index in [1.807, 2.05) is 150 Å². The zero-order valence-corrected chi connectivity index (χ0v) is 73.0. The van der Waals surface area contributed by atoms with Crippen molar-refractivity contribution >= 4 is 88.4 Å². The summed E-state index contributed by atoms with van der Waals surface area (Å²) in [6, 6.07) is 37.9. The van der Waals surface area contributed by atoms with Gasteiger partial charge in [0.1, 0.15) is 47.8 Å². The molecule has 12 rings (SSSR count). The maximum Gasteiger partial charge on any atom is 0.454 e. The molecule has 3 aliphatic carbocycles. The van der Waals surface area contributed by atoms with E-state index in [0.717, 1.165) is 94.7 Å². The Morgan fingerprint density at radius 2 is 0.744 bits per heavy atom. The number of benzene rings is 6. The predicted molar refractivity (Wildman–Crippen MR) is 473 cm³/mol. The Morgan fingerprint density at radius 3 is 1.07 bits per heavy atom. The Labute approximate surface area is 726 Å². The highest BCUT2D eigenvalue weighted by molar-refractivity contribution is 6.41. The van der Waals surface area contributed by atoms with Crippen molar-refractivity contribution in [1.29, 1.82) is 0 Å². The molecule has 0 atom stereocenters. The number of methoxy groups -OCH3 is 8. The number of hydrogen-bond donors (Lipinski definition) is 5. The SMILES string of the molecule is COc1cc(/C=C2/C(C)=C(CC(=O)NCc3ccco3)c3cc(F)ccc32)cc(OC)c1OCCB(O)O.COc1ccc2c(c1)C(CC(=O)NCc1ccco1)=C(C)/C2=C/c1cc(OC)c(OCC(=O)OCCN(C)C)c(OC)c1.COc1ccc2c(c1)C(CC(=O)NCc1ccco1)=C(C)/C2=C/c1cc(OC)c(OCCC(=O)OCCN(C)C)c(OC)c1. The zero-order valence-electron chi connectivity index (χ0n) is 73.0. The van der Waals surface area contributed by atoms with Crippen LogP contribution in [0.3, 0.4) is 0 Å². The van der Waals surface area contributed by atoms with Crippen LogP contribution in [0, 0.1) is 5.82 Å². The molecule has 0 aliphatic heterocycles. The molecule has 30 heteroatoms. The average molecular weight is 1720 g/mol. The van der Waals surface area contributed by atoms with Gasteiger partial charge in [0.05, 0.1) is 134 Å². The summed E-state index contributed by atoms with van der Waals surface area (Å²) in [7, 11) is 18.5. The first-order chi connectivity index (χ1) is 60.3. The van der Waals surface area contributed by atoms with Gasteiger partial charge in [-0.3, -0.25) is 19.2 Å². The Balaban J connectivity index is 0.000000196. The van der Waals surface area contributed by atoms with E-state index < -0.39 is 13.1 Å². The average Bonchev–Trinajstić information content (AvgIpc) is 1.61. The number of amides is 3. The number of furan rings is 3. The monoisotopic (exact) mass is 1720 g/mol. The van der Waals surface area contributed by atoms with Crippen LogP contribution in [0.25, 0.3) is 51.7 Å². The van der Waals surface area contributed by atoms with Gasteiger partial charge in [-0.2, -0.15) is 0 Å². The van der Waals surface area contributed by atoms with E-state index in [1.54, 1.807) is 89.7 Å². The predicted octanol–water partition coefficient (Wildman–Crippen LogP) is 14.4. The maximum atomic E-state index is 14.2. The topological polar surface area (TPSA) is 328 Å². The highest BCUT2D eigenvalue weighted by atomic mass is 19.1. The number of nitrogens with one attached hydrogen (secondary N) is 3. The summed E-state index contributed by atoms with van der Waals surface area (Å²) in [6.07, 6.45) is 11.2. The van der Waals surface area contributed by atoms with Gasteiger partial charge in [-0.05, 0) is 277 Å². The van der Waals surface area contributed by atoms with Crippen molar-refractivity contribution in [2.75, 3.05) is 131 Å². The van der Waals surface area contributed by atoms with Crippen LogP contribution >= 0.6 is 0 Å². The van der Waals surface area contributed by atoms with E-state index in [-0.39, 0.29) is 94.5 Å². The first-order valence-corrected chi connectivity index (χ1v) is 40.2. The number of carbonyl (C=O) groups excluding carboxylic acids is 5. The molecule has 6 aromatic carbocycles. The minimum absolute atomic E-state index is 0.0211. The minimum atomic E-state index is -1.49. The highest BCUT2D eigenvalue weighted by Gasteiger charge is 2.31. The molecule has 3 aromatic heterocycles. The van der Waals surface area contributed by atoms with E-state index >= 15 is 0 Å². The second-order valence-corrected chi connectivity index (χ2v) is 29.4. The van der Waals surface area contributed by atoms with E-state index in [4.69, 9.17) is 84.9 Å². The standard InChI is InChI=1S/C34H40N2O8.C33H38N2O8.C28H29BFNO7/c1-22-27(26-10-9-24(39-4)19-29(26)28(22)20-32(37)35-21-25-8-7-13-42-25)16-23-17-30(40-5)34(31(18-23)41-6)44-14-11-33(38)43-15-12-36(2)3;1-21-26(14-22-15-29(39-5)33(30(16-22)40-6)43-20-32(37)42-13-11-35(2)3)25-10-9-23(38-4)17-28(25)27(21)18-31(36)34-19-24-8-7-12-41-24;1-17-22(11-18-12-25(35-2)28(26(13-18)36-3)38-10-8-29(33)34)21-7-6-19(30)14-24(21)23(17)15-27(32)31-16-20-5-4-9-37-20/h7-10,13,16-19H,11-12,14-15,20-21H2,1-6H3,(H,35,37);7-10,12,14-17H,11,13,18-20H2,1-6H3,(H,34,36);4-7,9,11-14,33-34H,8,10,15-16H2,1-3H3,(H,31,32)/b27-16-;26-14-;22-11-. The van der Waals surface area contributed by atoms with E-state index in [1.165, 1.54) is 40.6 Å². The van der Waals surface area contributed by atoms with Crippen molar-refractivity contribution in [2.45, 2.75) is 72.4 Å². The summed E-state index contributed by atoms with van der Waals surface area (Å²) in [5.41, 5.74) is 15.8. The Hall–Kier alpha value is -13.4. The maximum absolute atomic E-state index is 14.2. The number of ether oxygens (including phenoxy) is 13. The summed E-state index contributed by atoms with van der Waals surface area (Å²) in [4.78, 5) is 66.8. The van der Waals surface area contributed by atoms with E-state index in [2.05, 4.69) is 16.0 Å². The van der Waals surface area contributed by atoms with Gasteiger partial charge in [0.2, 0.25) is 35.0 Å². The molecule has 3 aliphatic rings. The molecule has 0 spiro atoms. The molecular weight excluding hydrogens is 1610 g/mol. The van der Waals surface area contributed by atoms with Crippen LogP contribution in [0.15, 0.2) is 176 Å². The van der Waals surface area contributed by atoms with Crippen molar-refractivity contribution in [1.82, 2.24) is 25.8 Å². The second kappa shape index (κ2) is 45.6. The third-order valence-corrected chi connectivity index (χ3v) is 20.5. The van der Waals surface area contributed by atoms with Gasteiger partial charge >= 0.3 is 19.1 Å². The van der Waals surface area contributed by atoms with Crippen LogP contribution < -0.4 is 68.1 Å². The lowest BCUT2D eigenvalue weighted by atomic mass is 9.87. The third-order valence-electron chi connectivity index (χ3n) is 20.5. The normalized spacial score (nSPS) is 13.3. The van der Waals surface area contributed by atoms with Crippen molar-refractivity contribution < 1.29 is 113 Å². The molecule has 0 fully saturated rings. The van der Waals surface area contributed by atoms with Gasteiger partial charge in [-0.1, -0.05) is 18.2 Å². The molecule has 3 heterocycles. The van der Waals surface area contributed by atoms with Crippen molar-refractivity contribution in [3.63, 3.8) is 0 Å². The number of hydrogen-bond acceptors (Lipinski definition) is 25. The fraction of sp³-hybridized carbons (Fsp3) is 0.316. The number of esters is 2. The molecule has 0 radical (unpaired) electrons. The zero-order chi connectivity index (χ0) is 89.8. The van der Waals surface area contributed by atoms with Gasteiger partial charge in [0, 0.05) is 19.4 Å². The minimum Gasteiger partial charge on any atom is -0.497 e. The lowest BCUT2D eigenvalue weighted by molar-refractivity contribution is -0.146. The molecule has 5 N–H and O–H groups in total. The van der Waals surface area contributed by atoms with Crippen molar-refractivity contribution in [3.8, 4) is 63.2 Å². The van der Waals surface area contributed by atoms with Crippen molar-refractivity contribution in [3.05, 3.63) is 236 Å². The first-order valence-electron chi connectivity index (χ1n) is 40.2. The van der Waals surface area contributed by atoms with Gasteiger partial charge in [0.15, 0.2) is 41.1 Å². The van der Waals surface area contributed by atoms with Gasteiger partial charge in [-0.15, -0.1) is 0 Å². The molecule has 28 nitrogen and oxygen atoms in total. The molecule has 0 unspecified atom stereocenters. The van der Waals surface area contributed by atoms with Gasteiger partial charge < -0.3 is 111 Å². The Bertz CT molecular complexity index is 5380. The molecule has 0 bridgehead atoms. The highest BCUT2D eigenvalue weighted by Crippen LogP contribution is 2.50. The summed E-state index contributed by atoms with van der Waals surface area (Å²) >= 11 is 0. The summed E-state index contributed by atoms with van der Waals surface area (Å²) < 4.78 is 103. The van der Waals surface area contributed by atoms with E-state index in [0.29, 0.717) is 119 Å². The molecule has 125 heavy (non-hydrogen) atoms. The first kappa shape index (κ1) is 93.8. The molecule has 660 valence electrons. The Morgan fingerprint density at radius 1 is 0.408 bits per heavy atom. The van der Waals surface area contributed by atoms with E-state index in [9.17, 15) is 28.4 Å². The number of rotatable bonds is 40. The smallest absolute Gasteiger partial charge is 0.454 e. The third kappa shape index (κ3) is 25.4. The van der Waals surface area contributed by atoms with Crippen LogP contribution in [0.5, 0.6) is 63.2 Å². The largest absolute Gasteiger partial charge is 0.497 e. The number of fused-ring (bicyclic) bond motifs is 3. The van der Waals surface area contributed by atoms with Crippen LogP contribution in [0.4, 0.5) is 4.39 Å². The van der Waals surface area contributed by atoms with Crippen LogP contribution in [0.1, 0.15) is 114 Å². The number of likely N-dealkylation sites (N-methyl/N-ethyl adjacent to an activating group) is 2. The molecule has 0 saturated heterocycles. The lowest BCUT2D eigenvalue weighted by Gasteiger charge is -2.16. The fourth-order valence-corrected chi connectivity index (χ4v) is 14.0. The molecule has 3 amide bonds. The van der Waals surface area contributed by atoms with Crippen LogP contribution in [-0.4, -0.2) is 188 Å². The number of nitrogens with zero attached hydrogens (tertiary/aromatic N) is 2. The van der Waals surface area contributed by atoms with Gasteiger partial charge in [-0.25, -0.2) is 9.18 Å². The molecule has 9 aromatic rings. The fourth-order valence-electron chi connectivity index (χ4n) is 14.0. The van der Waals surface area contributed by atoms with Crippen molar-refractivity contribution in [2.24, 2.45) is 0 Å². The second-order valence-electron chi connectivity index (χ2n) is 29.4. The number of halogens is 1.